The normalized spacial score (nSPS) is 13.4. The monoisotopic (exact) mass is 241 g/mol. The van der Waals surface area contributed by atoms with E-state index in [1.54, 1.807) is 32.9 Å². The maximum absolute atomic E-state index is 11.3. The molecule has 5 nitrogen and oxygen atoms in total. The first kappa shape index (κ1) is 13.6. The van der Waals surface area contributed by atoms with Crippen molar-refractivity contribution >= 4 is 6.09 Å². The molecule has 1 amide bonds. The predicted molar refractivity (Wildman–Crippen MR) is 62.9 cm³/mol. The fourth-order valence-corrected chi connectivity index (χ4v) is 1.89. The molecule has 5 heteroatoms. The summed E-state index contributed by atoms with van der Waals surface area (Å²) in [6.45, 7) is 5.16. The zero-order valence-corrected chi connectivity index (χ0v) is 10.4. The molecule has 1 aromatic rings. The summed E-state index contributed by atoms with van der Waals surface area (Å²) >= 11 is 0. The Morgan fingerprint density at radius 2 is 2.18 bits per heavy atom. The third-order valence-corrected chi connectivity index (χ3v) is 2.52. The van der Waals surface area contributed by atoms with Gasteiger partial charge in [0.25, 0.3) is 0 Å². The van der Waals surface area contributed by atoms with Crippen LogP contribution in [-0.2, 0) is 6.42 Å². The van der Waals surface area contributed by atoms with Crippen molar-refractivity contribution in [2.24, 2.45) is 0 Å². The van der Waals surface area contributed by atoms with Crippen molar-refractivity contribution in [3.05, 3.63) is 24.2 Å². The summed E-state index contributed by atoms with van der Waals surface area (Å²) in [6, 6.07) is 3.01. The van der Waals surface area contributed by atoms with Crippen molar-refractivity contribution in [2.75, 3.05) is 6.61 Å². The number of hydrogen-bond donors (Lipinski definition) is 2. The minimum absolute atomic E-state index is 0.232. The maximum Gasteiger partial charge on any atom is 0.408 e. The molecule has 0 spiro atoms. The number of aliphatic hydroxyl groups excluding tert-OH is 1. The SMILES string of the molecule is CC(C)(C)N(C(=O)O)[C@@H](CO)Cc1ccco1. The number of aliphatic hydroxyl groups is 1. The first-order valence-corrected chi connectivity index (χ1v) is 5.51. The van der Waals surface area contributed by atoms with Gasteiger partial charge in [0.2, 0.25) is 0 Å². The van der Waals surface area contributed by atoms with E-state index >= 15 is 0 Å². The standard InChI is InChI=1S/C12H19NO4/c1-12(2,3)13(11(15)16)9(8-14)7-10-5-4-6-17-10/h4-6,9,14H,7-8H2,1-3H3,(H,15,16)/t9-/m1/s1. The summed E-state index contributed by atoms with van der Waals surface area (Å²) < 4.78 is 5.18. The van der Waals surface area contributed by atoms with Crippen LogP contribution in [0.15, 0.2) is 22.8 Å². The summed E-state index contributed by atoms with van der Waals surface area (Å²) in [5.41, 5.74) is -0.564. The minimum atomic E-state index is -1.04. The first-order valence-electron chi connectivity index (χ1n) is 5.51. The lowest BCUT2D eigenvalue weighted by Gasteiger charge is -2.38. The van der Waals surface area contributed by atoms with E-state index in [1.165, 1.54) is 11.2 Å². The van der Waals surface area contributed by atoms with Gasteiger partial charge in [0.15, 0.2) is 0 Å². The highest BCUT2D eigenvalue weighted by atomic mass is 16.4. The lowest BCUT2D eigenvalue weighted by Crippen LogP contribution is -2.53. The van der Waals surface area contributed by atoms with Gasteiger partial charge in [-0.2, -0.15) is 0 Å². The van der Waals surface area contributed by atoms with Crippen LogP contribution in [0.1, 0.15) is 26.5 Å². The molecule has 0 aromatic carbocycles. The molecule has 0 saturated heterocycles. The molecule has 0 saturated carbocycles. The Balaban J connectivity index is 2.86. The van der Waals surface area contributed by atoms with Gasteiger partial charge in [0, 0.05) is 12.0 Å². The van der Waals surface area contributed by atoms with E-state index in [0.29, 0.717) is 12.2 Å². The molecule has 0 fully saturated rings. The summed E-state index contributed by atoms with van der Waals surface area (Å²) in [5, 5.41) is 18.6. The van der Waals surface area contributed by atoms with Gasteiger partial charge >= 0.3 is 6.09 Å². The van der Waals surface area contributed by atoms with Crippen LogP contribution in [0.2, 0.25) is 0 Å². The summed E-state index contributed by atoms with van der Waals surface area (Å²) in [4.78, 5) is 12.5. The highest BCUT2D eigenvalue weighted by Crippen LogP contribution is 2.20. The van der Waals surface area contributed by atoms with Gasteiger partial charge < -0.3 is 14.6 Å². The van der Waals surface area contributed by atoms with Crippen LogP contribution in [0.5, 0.6) is 0 Å². The summed E-state index contributed by atoms with van der Waals surface area (Å²) in [6.07, 6.45) is 0.863. The molecule has 96 valence electrons. The van der Waals surface area contributed by atoms with Crippen LogP contribution < -0.4 is 0 Å². The van der Waals surface area contributed by atoms with Crippen LogP contribution in [0.25, 0.3) is 0 Å². The topological polar surface area (TPSA) is 73.9 Å². The Kier molecular flexibility index (Phi) is 4.17. The second-order valence-corrected chi connectivity index (χ2v) is 4.94. The number of furan rings is 1. The molecule has 0 aliphatic heterocycles. The van der Waals surface area contributed by atoms with Gasteiger partial charge in [-0.15, -0.1) is 0 Å². The number of nitrogens with zero attached hydrogens (tertiary/aromatic N) is 1. The number of carboxylic acid groups (broad SMARTS) is 1. The molecule has 0 unspecified atom stereocenters. The first-order chi connectivity index (χ1) is 7.86. The molecule has 1 rings (SSSR count). The third kappa shape index (κ3) is 3.49. The zero-order valence-electron chi connectivity index (χ0n) is 10.4. The van der Waals surface area contributed by atoms with E-state index in [0.717, 1.165) is 0 Å². The van der Waals surface area contributed by atoms with E-state index in [4.69, 9.17) is 4.42 Å². The van der Waals surface area contributed by atoms with E-state index < -0.39 is 17.7 Å². The van der Waals surface area contributed by atoms with E-state index in [2.05, 4.69) is 0 Å². The molecular weight excluding hydrogens is 222 g/mol. The third-order valence-electron chi connectivity index (χ3n) is 2.52. The van der Waals surface area contributed by atoms with Crippen molar-refractivity contribution in [3.8, 4) is 0 Å². The van der Waals surface area contributed by atoms with Gasteiger partial charge in [-0.05, 0) is 32.9 Å². The zero-order chi connectivity index (χ0) is 13.1. The second-order valence-electron chi connectivity index (χ2n) is 4.94. The Bertz CT molecular complexity index is 353. The van der Waals surface area contributed by atoms with Crippen LogP contribution in [0, 0.1) is 0 Å². The Morgan fingerprint density at radius 3 is 2.53 bits per heavy atom. The van der Waals surface area contributed by atoms with Gasteiger partial charge in [-0.25, -0.2) is 4.79 Å². The molecule has 1 atom stereocenters. The van der Waals surface area contributed by atoms with Crippen LogP contribution in [0.4, 0.5) is 4.79 Å². The molecule has 1 heterocycles. The van der Waals surface area contributed by atoms with E-state index in [9.17, 15) is 15.0 Å². The van der Waals surface area contributed by atoms with E-state index in [1.807, 2.05) is 0 Å². The number of hydrogen-bond acceptors (Lipinski definition) is 3. The quantitative estimate of drug-likeness (QED) is 0.845. The molecule has 0 bridgehead atoms. The lowest BCUT2D eigenvalue weighted by atomic mass is 10.0. The van der Waals surface area contributed by atoms with Gasteiger partial charge in [-0.1, -0.05) is 0 Å². The molecule has 17 heavy (non-hydrogen) atoms. The van der Waals surface area contributed by atoms with Gasteiger partial charge in [0.05, 0.1) is 18.9 Å². The lowest BCUT2D eigenvalue weighted by molar-refractivity contribution is 0.0447. The maximum atomic E-state index is 11.3. The van der Waals surface area contributed by atoms with Crippen molar-refractivity contribution in [2.45, 2.75) is 38.8 Å². The molecule has 0 aliphatic carbocycles. The molecular formula is C12H19NO4. The van der Waals surface area contributed by atoms with Crippen LogP contribution in [-0.4, -0.2) is 39.4 Å². The molecule has 0 radical (unpaired) electrons. The summed E-state index contributed by atoms with van der Waals surface area (Å²) in [5.74, 6) is 0.666. The fourth-order valence-electron chi connectivity index (χ4n) is 1.89. The second kappa shape index (κ2) is 5.23. The number of amides is 1. The highest BCUT2D eigenvalue weighted by Gasteiger charge is 2.33. The predicted octanol–water partition coefficient (Wildman–Crippen LogP) is 1.96. The van der Waals surface area contributed by atoms with Gasteiger partial charge in [0.1, 0.15) is 5.76 Å². The average Bonchev–Trinajstić information content (AvgIpc) is 2.66. The molecule has 1 aromatic heterocycles. The highest BCUT2D eigenvalue weighted by molar-refractivity contribution is 5.66. The minimum Gasteiger partial charge on any atom is -0.469 e. The molecule has 0 aliphatic rings. The van der Waals surface area contributed by atoms with Gasteiger partial charge in [-0.3, -0.25) is 4.90 Å². The fraction of sp³-hybridized carbons (Fsp3) is 0.583. The van der Waals surface area contributed by atoms with Crippen molar-refractivity contribution in [1.29, 1.82) is 0 Å². The summed E-state index contributed by atoms with van der Waals surface area (Å²) in [7, 11) is 0. The average molecular weight is 241 g/mol. The number of rotatable bonds is 4. The Hall–Kier alpha value is -1.49. The van der Waals surface area contributed by atoms with Crippen LogP contribution in [0.3, 0.4) is 0 Å². The molecule has 2 N–H and O–H groups in total. The van der Waals surface area contributed by atoms with E-state index in [-0.39, 0.29) is 6.61 Å². The largest absolute Gasteiger partial charge is 0.469 e. The van der Waals surface area contributed by atoms with Crippen LogP contribution >= 0.6 is 0 Å². The van der Waals surface area contributed by atoms with Crippen molar-refractivity contribution < 1.29 is 19.4 Å². The smallest absolute Gasteiger partial charge is 0.408 e. The van der Waals surface area contributed by atoms with Crippen molar-refractivity contribution in [3.63, 3.8) is 0 Å². The Morgan fingerprint density at radius 1 is 1.53 bits per heavy atom. The van der Waals surface area contributed by atoms with Crippen molar-refractivity contribution in [1.82, 2.24) is 4.90 Å². The number of carbonyl (C=O) groups is 1. The Labute approximate surface area is 101 Å².